The molecule has 0 spiro atoms. The van der Waals surface area contributed by atoms with Crippen molar-refractivity contribution < 1.29 is 13.6 Å². The van der Waals surface area contributed by atoms with Crippen LogP contribution in [-0.2, 0) is 6.42 Å². The second kappa shape index (κ2) is 6.24. The number of carbonyl (C=O) groups excluding carboxylic acids is 1. The van der Waals surface area contributed by atoms with E-state index in [0.717, 1.165) is 11.1 Å². The standard InChI is InChI=1S/C19H14N2O4/c22-18(14-10-13-3-1-2-4-16(13)25-19(14)23)20-8-7-12-5-6-15-17(9-12)24-11-21-15/h1-6,9-11H,7-8H2,(H,20,22). The first-order valence-corrected chi connectivity index (χ1v) is 7.84. The van der Waals surface area contributed by atoms with Gasteiger partial charge in [-0.1, -0.05) is 24.3 Å². The van der Waals surface area contributed by atoms with Crippen LogP contribution < -0.4 is 10.9 Å². The van der Waals surface area contributed by atoms with Gasteiger partial charge in [-0.3, -0.25) is 4.79 Å². The molecule has 0 atom stereocenters. The summed E-state index contributed by atoms with van der Waals surface area (Å²) in [6.07, 6.45) is 2.01. The van der Waals surface area contributed by atoms with E-state index in [2.05, 4.69) is 10.3 Å². The van der Waals surface area contributed by atoms with Gasteiger partial charge in [-0.05, 0) is 36.2 Å². The number of rotatable bonds is 4. The maximum absolute atomic E-state index is 12.3. The second-order valence-electron chi connectivity index (χ2n) is 5.65. The summed E-state index contributed by atoms with van der Waals surface area (Å²) in [7, 11) is 0. The van der Waals surface area contributed by atoms with E-state index < -0.39 is 11.5 Å². The number of para-hydroxylation sites is 1. The van der Waals surface area contributed by atoms with E-state index in [1.165, 1.54) is 6.39 Å². The molecule has 124 valence electrons. The monoisotopic (exact) mass is 334 g/mol. The second-order valence-corrected chi connectivity index (χ2v) is 5.65. The topological polar surface area (TPSA) is 85.3 Å². The van der Waals surface area contributed by atoms with Crippen molar-refractivity contribution in [2.45, 2.75) is 6.42 Å². The van der Waals surface area contributed by atoms with Gasteiger partial charge in [-0.2, -0.15) is 0 Å². The van der Waals surface area contributed by atoms with Crippen molar-refractivity contribution in [2.24, 2.45) is 0 Å². The molecule has 4 rings (SSSR count). The van der Waals surface area contributed by atoms with Crippen LogP contribution in [0.2, 0.25) is 0 Å². The Kier molecular flexibility index (Phi) is 3.78. The smallest absolute Gasteiger partial charge is 0.349 e. The summed E-state index contributed by atoms with van der Waals surface area (Å²) < 4.78 is 10.4. The predicted molar refractivity (Wildman–Crippen MR) is 92.5 cm³/mol. The molecule has 4 aromatic rings. The molecule has 0 unspecified atom stereocenters. The van der Waals surface area contributed by atoms with Crippen molar-refractivity contribution in [1.82, 2.24) is 10.3 Å². The lowest BCUT2D eigenvalue weighted by Gasteiger charge is -2.05. The molecule has 0 fully saturated rings. The van der Waals surface area contributed by atoms with Crippen molar-refractivity contribution in [2.75, 3.05) is 6.54 Å². The molecular formula is C19H14N2O4. The van der Waals surface area contributed by atoms with Gasteiger partial charge in [0, 0.05) is 11.9 Å². The van der Waals surface area contributed by atoms with Gasteiger partial charge in [0.2, 0.25) is 0 Å². The highest BCUT2D eigenvalue weighted by Gasteiger charge is 2.13. The van der Waals surface area contributed by atoms with Crippen LogP contribution in [-0.4, -0.2) is 17.4 Å². The summed E-state index contributed by atoms with van der Waals surface area (Å²) in [5.74, 6) is -0.444. The summed E-state index contributed by atoms with van der Waals surface area (Å²) in [6.45, 7) is 0.394. The fraction of sp³-hybridized carbons (Fsp3) is 0.105. The molecule has 0 aliphatic heterocycles. The number of fused-ring (bicyclic) bond motifs is 2. The minimum Gasteiger partial charge on any atom is -0.443 e. The maximum atomic E-state index is 12.3. The first-order chi connectivity index (χ1) is 12.2. The zero-order valence-corrected chi connectivity index (χ0v) is 13.2. The molecule has 2 aromatic heterocycles. The van der Waals surface area contributed by atoms with Gasteiger partial charge in [-0.15, -0.1) is 0 Å². The average Bonchev–Trinajstić information content (AvgIpc) is 3.09. The zero-order chi connectivity index (χ0) is 17.2. The van der Waals surface area contributed by atoms with Gasteiger partial charge in [-0.25, -0.2) is 9.78 Å². The Balaban J connectivity index is 1.46. The third kappa shape index (κ3) is 3.01. The fourth-order valence-electron chi connectivity index (χ4n) is 2.69. The van der Waals surface area contributed by atoms with Crippen LogP contribution in [0.4, 0.5) is 0 Å². The van der Waals surface area contributed by atoms with Gasteiger partial charge in [0.25, 0.3) is 5.91 Å². The van der Waals surface area contributed by atoms with Crippen LogP contribution >= 0.6 is 0 Å². The molecule has 2 heterocycles. The Hall–Kier alpha value is -3.41. The lowest BCUT2D eigenvalue weighted by Crippen LogP contribution is -2.29. The Labute approximate surface area is 142 Å². The molecule has 6 heteroatoms. The highest BCUT2D eigenvalue weighted by molar-refractivity contribution is 5.96. The summed E-state index contributed by atoms with van der Waals surface area (Å²) >= 11 is 0. The number of aromatic nitrogens is 1. The van der Waals surface area contributed by atoms with E-state index in [0.29, 0.717) is 29.5 Å². The number of amides is 1. The minimum absolute atomic E-state index is 0.00406. The van der Waals surface area contributed by atoms with Gasteiger partial charge < -0.3 is 14.2 Å². The summed E-state index contributed by atoms with van der Waals surface area (Å²) in [5, 5.41) is 3.46. The van der Waals surface area contributed by atoms with Crippen LogP contribution in [0, 0.1) is 0 Å². The van der Waals surface area contributed by atoms with Crippen molar-refractivity contribution in [1.29, 1.82) is 0 Å². The van der Waals surface area contributed by atoms with Crippen LogP contribution in [0.15, 0.2) is 68.6 Å². The van der Waals surface area contributed by atoms with E-state index in [-0.39, 0.29) is 5.56 Å². The number of nitrogens with zero attached hydrogens (tertiary/aromatic N) is 1. The Bertz CT molecular complexity index is 1130. The molecule has 2 aromatic carbocycles. The largest absolute Gasteiger partial charge is 0.443 e. The fourth-order valence-corrected chi connectivity index (χ4v) is 2.69. The molecule has 25 heavy (non-hydrogen) atoms. The molecule has 0 radical (unpaired) electrons. The highest BCUT2D eigenvalue weighted by Crippen LogP contribution is 2.15. The van der Waals surface area contributed by atoms with E-state index in [9.17, 15) is 9.59 Å². The number of oxazole rings is 1. The van der Waals surface area contributed by atoms with Crippen molar-refractivity contribution in [3.63, 3.8) is 0 Å². The number of benzene rings is 2. The zero-order valence-electron chi connectivity index (χ0n) is 13.2. The summed E-state index contributed by atoms with van der Waals surface area (Å²) in [5.41, 5.74) is 2.34. The molecule has 0 bridgehead atoms. The van der Waals surface area contributed by atoms with Gasteiger partial charge >= 0.3 is 5.63 Å². The first-order valence-electron chi connectivity index (χ1n) is 7.84. The Morgan fingerprint density at radius 3 is 2.88 bits per heavy atom. The third-order valence-electron chi connectivity index (χ3n) is 3.98. The molecule has 0 aliphatic carbocycles. The van der Waals surface area contributed by atoms with Gasteiger partial charge in [0.1, 0.15) is 16.7 Å². The Morgan fingerprint density at radius 1 is 1.08 bits per heavy atom. The SMILES string of the molecule is O=C(NCCc1ccc2ncoc2c1)c1cc2ccccc2oc1=O. The predicted octanol–water partition coefficient (Wildman–Crippen LogP) is 2.91. The lowest BCUT2D eigenvalue weighted by atomic mass is 10.1. The van der Waals surface area contributed by atoms with Crippen LogP contribution in [0.1, 0.15) is 15.9 Å². The van der Waals surface area contributed by atoms with Crippen LogP contribution in [0.3, 0.4) is 0 Å². The Morgan fingerprint density at radius 2 is 1.96 bits per heavy atom. The summed E-state index contributed by atoms with van der Waals surface area (Å²) in [4.78, 5) is 28.3. The van der Waals surface area contributed by atoms with E-state index in [1.54, 1.807) is 24.3 Å². The minimum atomic E-state index is -0.640. The lowest BCUT2D eigenvalue weighted by molar-refractivity contribution is 0.0950. The molecule has 0 saturated heterocycles. The van der Waals surface area contributed by atoms with Crippen molar-refractivity contribution in [3.8, 4) is 0 Å². The third-order valence-corrected chi connectivity index (χ3v) is 3.98. The molecule has 0 saturated carbocycles. The van der Waals surface area contributed by atoms with Crippen LogP contribution in [0.25, 0.3) is 22.1 Å². The average molecular weight is 334 g/mol. The number of hydrogen-bond acceptors (Lipinski definition) is 5. The summed E-state index contributed by atoms with van der Waals surface area (Å²) in [6, 6.07) is 14.3. The number of nitrogens with one attached hydrogen (secondary N) is 1. The van der Waals surface area contributed by atoms with E-state index >= 15 is 0 Å². The van der Waals surface area contributed by atoms with Crippen LogP contribution in [0.5, 0.6) is 0 Å². The molecule has 1 N–H and O–H groups in total. The maximum Gasteiger partial charge on any atom is 0.349 e. The molecular weight excluding hydrogens is 320 g/mol. The normalized spacial score (nSPS) is 11.0. The van der Waals surface area contributed by atoms with E-state index in [4.69, 9.17) is 8.83 Å². The van der Waals surface area contributed by atoms with Crippen molar-refractivity contribution >= 4 is 28.0 Å². The van der Waals surface area contributed by atoms with Gasteiger partial charge in [0.05, 0.1) is 0 Å². The quantitative estimate of drug-likeness (QED) is 0.580. The first kappa shape index (κ1) is 15.1. The number of hydrogen-bond donors (Lipinski definition) is 1. The molecule has 0 aliphatic rings. The van der Waals surface area contributed by atoms with E-state index in [1.807, 2.05) is 24.3 Å². The van der Waals surface area contributed by atoms with Crippen molar-refractivity contribution in [3.05, 3.63) is 76.5 Å². The molecule has 6 nitrogen and oxygen atoms in total. The highest BCUT2D eigenvalue weighted by atomic mass is 16.4. The molecule has 1 amide bonds. The number of carbonyl (C=O) groups is 1. The van der Waals surface area contributed by atoms with Gasteiger partial charge in [0.15, 0.2) is 12.0 Å².